The van der Waals surface area contributed by atoms with Gasteiger partial charge in [0.1, 0.15) is 11.5 Å². The Hall–Kier alpha value is -1.29. The number of anilines is 1. The number of rotatable bonds is 2. The highest BCUT2D eigenvalue weighted by Crippen LogP contribution is 2.23. The molecule has 0 aromatic carbocycles. The van der Waals surface area contributed by atoms with E-state index in [2.05, 4.69) is 4.98 Å². The van der Waals surface area contributed by atoms with Crippen LogP contribution >= 0.6 is 12.4 Å². The Morgan fingerprint density at radius 2 is 2.06 bits per heavy atom. The summed E-state index contributed by atoms with van der Waals surface area (Å²) in [6.45, 7) is 0. The number of carbonyl (C=O) groups excluding carboxylic acids is 1. The summed E-state index contributed by atoms with van der Waals surface area (Å²) in [6, 6.07) is 5.53. The van der Waals surface area contributed by atoms with Crippen molar-refractivity contribution >= 4 is 24.1 Å². The molecule has 1 amide bonds. The number of hydrogen-bond acceptors (Lipinski definition) is 3. The number of nitrogens with zero attached hydrogens (tertiary/aromatic N) is 2. The molecule has 0 saturated heterocycles. The Labute approximate surface area is 108 Å². The Morgan fingerprint density at radius 3 is 2.65 bits per heavy atom. The number of aromatic nitrogens is 1. The molecule has 1 aliphatic rings. The zero-order valence-electron chi connectivity index (χ0n) is 9.93. The van der Waals surface area contributed by atoms with Crippen LogP contribution in [0.3, 0.4) is 0 Å². The highest BCUT2D eigenvalue weighted by atomic mass is 35.5. The summed E-state index contributed by atoms with van der Waals surface area (Å²) in [7, 11) is 1.85. The minimum atomic E-state index is -0.0285. The molecule has 4 nitrogen and oxygen atoms in total. The SMILES string of the molecule is CN(C(=O)c1cccc(N)n1)C1CCCC1.Cl. The molecular weight excluding hydrogens is 238 g/mol. The second kappa shape index (κ2) is 5.87. The molecule has 1 aromatic rings. The molecule has 0 atom stereocenters. The maximum atomic E-state index is 12.1. The van der Waals surface area contributed by atoms with E-state index < -0.39 is 0 Å². The second-order valence-corrected chi connectivity index (χ2v) is 4.30. The fourth-order valence-corrected chi connectivity index (χ4v) is 2.21. The molecule has 17 heavy (non-hydrogen) atoms. The van der Waals surface area contributed by atoms with E-state index in [4.69, 9.17) is 5.73 Å². The van der Waals surface area contributed by atoms with Gasteiger partial charge in [-0.25, -0.2) is 4.98 Å². The van der Waals surface area contributed by atoms with Gasteiger partial charge in [0.05, 0.1) is 0 Å². The van der Waals surface area contributed by atoms with E-state index >= 15 is 0 Å². The molecule has 1 aliphatic carbocycles. The monoisotopic (exact) mass is 255 g/mol. The smallest absolute Gasteiger partial charge is 0.272 e. The fraction of sp³-hybridized carbons (Fsp3) is 0.500. The van der Waals surface area contributed by atoms with Crippen LogP contribution in [0.4, 0.5) is 5.82 Å². The summed E-state index contributed by atoms with van der Waals surface area (Å²) >= 11 is 0. The van der Waals surface area contributed by atoms with Crippen molar-refractivity contribution in [2.24, 2.45) is 0 Å². The van der Waals surface area contributed by atoms with Crippen LogP contribution in [0, 0.1) is 0 Å². The van der Waals surface area contributed by atoms with Gasteiger partial charge in [-0.1, -0.05) is 18.9 Å². The van der Waals surface area contributed by atoms with Gasteiger partial charge in [-0.15, -0.1) is 12.4 Å². The lowest BCUT2D eigenvalue weighted by molar-refractivity contribution is 0.0729. The van der Waals surface area contributed by atoms with Crippen LogP contribution in [-0.4, -0.2) is 28.9 Å². The minimum absolute atomic E-state index is 0. The normalized spacial score (nSPS) is 15.4. The van der Waals surface area contributed by atoms with Gasteiger partial charge < -0.3 is 10.6 Å². The van der Waals surface area contributed by atoms with Crippen molar-refractivity contribution in [1.82, 2.24) is 9.88 Å². The van der Waals surface area contributed by atoms with Crippen molar-refractivity contribution in [3.8, 4) is 0 Å². The Morgan fingerprint density at radius 1 is 1.41 bits per heavy atom. The van der Waals surface area contributed by atoms with Crippen LogP contribution in [0.5, 0.6) is 0 Å². The number of pyridine rings is 1. The van der Waals surface area contributed by atoms with Crippen molar-refractivity contribution in [3.63, 3.8) is 0 Å². The number of halogens is 1. The minimum Gasteiger partial charge on any atom is -0.384 e. The van der Waals surface area contributed by atoms with Gasteiger partial charge in [-0.05, 0) is 25.0 Å². The average Bonchev–Trinajstić information content (AvgIpc) is 2.80. The number of carbonyl (C=O) groups is 1. The lowest BCUT2D eigenvalue weighted by Crippen LogP contribution is -2.35. The molecule has 94 valence electrons. The van der Waals surface area contributed by atoms with E-state index in [-0.39, 0.29) is 18.3 Å². The zero-order chi connectivity index (χ0) is 11.5. The van der Waals surface area contributed by atoms with Gasteiger partial charge in [0.2, 0.25) is 0 Å². The van der Waals surface area contributed by atoms with Gasteiger partial charge >= 0.3 is 0 Å². The van der Waals surface area contributed by atoms with Crippen molar-refractivity contribution in [1.29, 1.82) is 0 Å². The van der Waals surface area contributed by atoms with Crippen molar-refractivity contribution in [3.05, 3.63) is 23.9 Å². The summed E-state index contributed by atoms with van der Waals surface area (Å²) in [6.07, 6.45) is 4.63. The van der Waals surface area contributed by atoms with Gasteiger partial charge in [0.25, 0.3) is 5.91 Å². The molecule has 0 unspecified atom stereocenters. The van der Waals surface area contributed by atoms with Gasteiger partial charge in [0, 0.05) is 13.1 Å². The van der Waals surface area contributed by atoms with Gasteiger partial charge in [0.15, 0.2) is 0 Å². The number of nitrogens with two attached hydrogens (primary N) is 1. The molecule has 0 spiro atoms. The first-order valence-electron chi connectivity index (χ1n) is 5.68. The lowest BCUT2D eigenvalue weighted by atomic mass is 10.2. The molecular formula is C12H18ClN3O. The summed E-state index contributed by atoms with van der Waals surface area (Å²) in [5, 5.41) is 0. The van der Waals surface area contributed by atoms with Crippen LogP contribution in [0.2, 0.25) is 0 Å². The molecule has 1 aromatic heterocycles. The number of nitrogen functional groups attached to an aromatic ring is 1. The first-order chi connectivity index (χ1) is 7.68. The Balaban J connectivity index is 0.00000144. The van der Waals surface area contributed by atoms with Crippen LogP contribution in [0.25, 0.3) is 0 Å². The second-order valence-electron chi connectivity index (χ2n) is 4.30. The fourth-order valence-electron chi connectivity index (χ4n) is 2.21. The van der Waals surface area contributed by atoms with Crippen LogP contribution in [-0.2, 0) is 0 Å². The zero-order valence-corrected chi connectivity index (χ0v) is 10.7. The third kappa shape index (κ3) is 3.09. The van der Waals surface area contributed by atoms with E-state index in [1.165, 1.54) is 12.8 Å². The molecule has 0 bridgehead atoms. The molecule has 1 fully saturated rings. The maximum absolute atomic E-state index is 12.1. The number of hydrogen-bond donors (Lipinski definition) is 1. The van der Waals surface area contributed by atoms with Gasteiger partial charge in [-0.3, -0.25) is 4.79 Å². The summed E-state index contributed by atoms with van der Waals surface area (Å²) in [5.74, 6) is 0.366. The van der Waals surface area contributed by atoms with Crippen molar-refractivity contribution < 1.29 is 4.79 Å². The molecule has 5 heteroatoms. The van der Waals surface area contributed by atoms with Crippen LogP contribution in [0.1, 0.15) is 36.2 Å². The molecule has 1 saturated carbocycles. The summed E-state index contributed by atoms with van der Waals surface area (Å²) in [5.41, 5.74) is 6.01. The largest absolute Gasteiger partial charge is 0.384 e. The summed E-state index contributed by atoms with van der Waals surface area (Å²) < 4.78 is 0. The molecule has 2 rings (SSSR count). The predicted molar refractivity (Wildman–Crippen MR) is 70.2 cm³/mol. The van der Waals surface area contributed by atoms with E-state index in [0.717, 1.165) is 12.8 Å². The molecule has 0 radical (unpaired) electrons. The first-order valence-corrected chi connectivity index (χ1v) is 5.68. The van der Waals surface area contributed by atoms with Crippen molar-refractivity contribution in [2.75, 3.05) is 12.8 Å². The van der Waals surface area contributed by atoms with Gasteiger partial charge in [-0.2, -0.15) is 0 Å². The molecule has 0 aliphatic heterocycles. The Kier molecular flexibility index (Phi) is 4.75. The third-order valence-electron chi connectivity index (χ3n) is 3.18. The van der Waals surface area contributed by atoms with Crippen LogP contribution in [0.15, 0.2) is 18.2 Å². The van der Waals surface area contributed by atoms with E-state index in [9.17, 15) is 4.79 Å². The maximum Gasteiger partial charge on any atom is 0.272 e. The third-order valence-corrected chi connectivity index (χ3v) is 3.18. The molecule has 1 heterocycles. The predicted octanol–water partition coefficient (Wildman–Crippen LogP) is 2.10. The topological polar surface area (TPSA) is 59.2 Å². The van der Waals surface area contributed by atoms with E-state index in [1.807, 2.05) is 7.05 Å². The highest BCUT2D eigenvalue weighted by molar-refractivity contribution is 5.92. The quantitative estimate of drug-likeness (QED) is 0.881. The van der Waals surface area contributed by atoms with Crippen LogP contribution < -0.4 is 5.73 Å². The average molecular weight is 256 g/mol. The van der Waals surface area contributed by atoms with Crippen molar-refractivity contribution in [2.45, 2.75) is 31.7 Å². The number of amides is 1. The van der Waals surface area contributed by atoms with E-state index in [1.54, 1.807) is 23.1 Å². The Bertz CT molecular complexity index is 391. The summed E-state index contributed by atoms with van der Waals surface area (Å²) in [4.78, 5) is 17.9. The molecule has 2 N–H and O–H groups in total. The first kappa shape index (κ1) is 13.8. The standard InChI is InChI=1S/C12H17N3O.ClH/c1-15(9-5-2-3-6-9)12(16)10-7-4-8-11(13)14-10;/h4,7-9H,2-3,5-6H2,1H3,(H2,13,14);1H. The lowest BCUT2D eigenvalue weighted by Gasteiger charge is -2.23. The van der Waals surface area contributed by atoms with E-state index in [0.29, 0.717) is 17.6 Å². The highest BCUT2D eigenvalue weighted by Gasteiger charge is 2.24.